The van der Waals surface area contributed by atoms with E-state index in [9.17, 15) is 0 Å². The zero-order chi connectivity index (χ0) is 13.8. The fourth-order valence-corrected chi connectivity index (χ4v) is 2.73. The molecule has 1 aromatic heterocycles. The number of hydrogen-bond acceptors (Lipinski definition) is 4. The molecule has 1 aromatic carbocycles. The largest absolute Gasteiger partial charge is 0.381 e. The molecule has 2 heterocycles. The SMILES string of the molecule is CN1CCCC(Nc2ccc(Cn3cncn3)cc2)C1. The van der Waals surface area contributed by atoms with Gasteiger partial charge < -0.3 is 10.2 Å². The molecule has 1 fully saturated rings. The van der Waals surface area contributed by atoms with Crippen LogP contribution in [0.1, 0.15) is 18.4 Å². The Balaban J connectivity index is 1.58. The Hall–Kier alpha value is -1.88. The molecular weight excluding hydrogens is 250 g/mol. The average Bonchev–Trinajstić information content (AvgIpc) is 2.94. The van der Waals surface area contributed by atoms with Crippen LogP contribution in [0, 0.1) is 0 Å². The molecule has 20 heavy (non-hydrogen) atoms. The Morgan fingerprint density at radius 2 is 2.15 bits per heavy atom. The molecule has 1 atom stereocenters. The maximum Gasteiger partial charge on any atom is 0.137 e. The van der Waals surface area contributed by atoms with Crippen molar-refractivity contribution in [3.8, 4) is 0 Å². The lowest BCUT2D eigenvalue weighted by atomic mass is 10.1. The van der Waals surface area contributed by atoms with Crippen LogP contribution in [0.25, 0.3) is 0 Å². The van der Waals surface area contributed by atoms with Crippen molar-refractivity contribution in [3.63, 3.8) is 0 Å². The molecule has 5 nitrogen and oxygen atoms in total. The van der Waals surface area contributed by atoms with E-state index in [0.717, 1.165) is 13.1 Å². The van der Waals surface area contributed by atoms with Crippen LogP contribution in [0.3, 0.4) is 0 Å². The Morgan fingerprint density at radius 3 is 2.85 bits per heavy atom. The van der Waals surface area contributed by atoms with E-state index in [1.807, 2.05) is 4.68 Å². The number of likely N-dealkylation sites (tertiary alicyclic amines) is 1. The number of aromatic nitrogens is 3. The van der Waals surface area contributed by atoms with Gasteiger partial charge in [-0.05, 0) is 44.1 Å². The topological polar surface area (TPSA) is 46.0 Å². The van der Waals surface area contributed by atoms with E-state index in [2.05, 4.69) is 51.6 Å². The fourth-order valence-electron chi connectivity index (χ4n) is 2.73. The van der Waals surface area contributed by atoms with Crippen LogP contribution in [-0.2, 0) is 6.54 Å². The highest BCUT2D eigenvalue weighted by atomic mass is 15.3. The van der Waals surface area contributed by atoms with Gasteiger partial charge in [0.25, 0.3) is 0 Å². The van der Waals surface area contributed by atoms with E-state index in [1.165, 1.54) is 30.6 Å². The molecule has 0 amide bonds. The van der Waals surface area contributed by atoms with Gasteiger partial charge in [0.15, 0.2) is 0 Å². The van der Waals surface area contributed by atoms with Crippen LogP contribution in [0.2, 0.25) is 0 Å². The van der Waals surface area contributed by atoms with Crippen LogP contribution >= 0.6 is 0 Å². The number of rotatable bonds is 4. The van der Waals surface area contributed by atoms with Crippen LogP contribution < -0.4 is 5.32 Å². The lowest BCUT2D eigenvalue weighted by Crippen LogP contribution is -2.39. The van der Waals surface area contributed by atoms with E-state index >= 15 is 0 Å². The second-order valence-corrected chi connectivity index (χ2v) is 5.54. The summed E-state index contributed by atoms with van der Waals surface area (Å²) in [6.07, 6.45) is 5.84. The second-order valence-electron chi connectivity index (χ2n) is 5.54. The average molecular weight is 271 g/mol. The van der Waals surface area contributed by atoms with Gasteiger partial charge in [0, 0.05) is 18.3 Å². The lowest BCUT2D eigenvalue weighted by Gasteiger charge is -2.30. The second kappa shape index (κ2) is 6.05. The summed E-state index contributed by atoms with van der Waals surface area (Å²) in [4.78, 5) is 6.34. The third kappa shape index (κ3) is 3.36. The van der Waals surface area contributed by atoms with Gasteiger partial charge in [0.2, 0.25) is 0 Å². The predicted molar refractivity (Wildman–Crippen MR) is 79.7 cm³/mol. The molecule has 106 valence electrons. The van der Waals surface area contributed by atoms with Gasteiger partial charge in [-0.25, -0.2) is 9.67 Å². The van der Waals surface area contributed by atoms with Gasteiger partial charge in [-0.2, -0.15) is 5.10 Å². The molecule has 2 aromatic rings. The minimum atomic E-state index is 0.565. The summed E-state index contributed by atoms with van der Waals surface area (Å²) in [5.74, 6) is 0. The maximum absolute atomic E-state index is 4.12. The molecule has 0 aliphatic carbocycles. The van der Waals surface area contributed by atoms with Crippen LogP contribution in [-0.4, -0.2) is 45.8 Å². The zero-order valence-corrected chi connectivity index (χ0v) is 11.9. The summed E-state index contributed by atoms with van der Waals surface area (Å²) in [6.45, 7) is 3.11. The van der Waals surface area contributed by atoms with Crippen molar-refractivity contribution in [2.75, 3.05) is 25.5 Å². The number of anilines is 1. The summed E-state index contributed by atoms with van der Waals surface area (Å²) in [5.41, 5.74) is 2.44. The maximum atomic E-state index is 4.12. The quantitative estimate of drug-likeness (QED) is 0.921. The van der Waals surface area contributed by atoms with Gasteiger partial charge in [0.1, 0.15) is 12.7 Å². The Bertz CT molecular complexity index is 520. The molecule has 1 aliphatic rings. The van der Waals surface area contributed by atoms with E-state index < -0.39 is 0 Å². The number of likely N-dealkylation sites (N-methyl/N-ethyl adjacent to an activating group) is 1. The summed E-state index contributed by atoms with van der Waals surface area (Å²) in [5, 5.41) is 7.74. The lowest BCUT2D eigenvalue weighted by molar-refractivity contribution is 0.261. The summed E-state index contributed by atoms with van der Waals surface area (Å²) in [6, 6.07) is 9.17. The molecular formula is C15H21N5. The van der Waals surface area contributed by atoms with E-state index in [-0.39, 0.29) is 0 Å². The molecule has 3 rings (SSSR count). The van der Waals surface area contributed by atoms with E-state index in [1.54, 1.807) is 12.7 Å². The van der Waals surface area contributed by atoms with Gasteiger partial charge in [-0.15, -0.1) is 0 Å². The van der Waals surface area contributed by atoms with Crippen molar-refractivity contribution < 1.29 is 0 Å². The summed E-state index contributed by atoms with van der Waals surface area (Å²) >= 11 is 0. The highest BCUT2D eigenvalue weighted by molar-refractivity contribution is 5.45. The number of hydrogen-bond donors (Lipinski definition) is 1. The van der Waals surface area contributed by atoms with Gasteiger partial charge in [-0.1, -0.05) is 12.1 Å². The van der Waals surface area contributed by atoms with E-state index in [0.29, 0.717) is 6.04 Å². The first-order valence-corrected chi connectivity index (χ1v) is 7.16. The Kier molecular flexibility index (Phi) is 3.97. The molecule has 0 saturated carbocycles. The molecule has 1 unspecified atom stereocenters. The minimum absolute atomic E-state index is 0.565. The van der Waals surface area contributed by atoms with E-state index in [4.69, 9.17) is 0 Å². The smallest absolute Gasteiger partial charge is 0.137 e. The molecule has 0 spiro atoms. The molecule has 1 saturated heterocycles. The van der Waals surface area contributed by atoms with Crippen LogP contribution in [0.5, 0.6) is 0 Å². The highest BCUT2D eigenvalue weighted by Crippen LogP contribution is 2.16. The normalized spacial score (nSPS) is 19.9. The van der Waals surface area contributed by atoms with Crippen molar-refractivity contribution in [3.05, 3.63) is 42.5 Å². The highest BCUT2D eigenvalue weighted by Gasteiger charge is 2.16. The number of nitrogens with one attached hydrogen (secondary N) is 1. The fraction of sp³-hybridized carbons (Fsp3) is 0.467. The van der Waals surface area contributed by atoms with Crippen molar-refractivity contribution in [2.45, 2.75) is 25.4 Å². The number of nitrogens with zero attached hydrogens (tertiary/aromatic N) is 4. The van der Waals surface area contributed by atoms with Crippen molar-refractivity contribution in [2.24, 2.45) is 0 Å². The number of piperidine rings is 1. The van der Waals surface area contributed by atoms with Crippen LogP contribution in [0.15, 0.2) is 36.9 Å². The van der Waals surface area contributed by atoms with Crippen molar-refractivity contribution in [1.82, 2.24) is 19.7 Å². The zero-order valence-electron chi connectivity index (χ0n) is 11.9. The first-order chi connectivity index (χ1) is 9.79. The van der Waals surface area contributed by atoms with Crippen LogP contribution in [0.4, 0.5) is 5.69 Å². The van der Waals surface area contributed by atoms with Gasteiger partial charge in [-0.3, -0.25) is 0 Å². The first kappa shape index (κ1) is 13.1. The molecule has 1 N–H and O–H groups in total. The Morgan fingerprint density at radius 1 is 1.30 bits per heavy atom. The number of benzene rings is 1. The van der Waals surface area contributed by atoms with Crippen molar-refractivity contribution in [1.29, 1.82) is 0 Å². The molecule has 1 aliphatic heterocycles. The van der Waals surface area contributed by atoms with Gasteiger partial charge >= 0.3 is 0 Å². The Labute approximate surface area is 119 Å². The third-order valence-corrected chi connectivity index (χ3v) is 3.76. The molecule has 0 bridgehead atoms. The third-order valence-electron chi connectivity index (χ3n) is 3.76. The van der Waals surface area contributed by atoms with Gasteiger partial charge in [0.05, 0.1) is 6.54 Å². The summed E-state index contributed by atoms with van der Waals surface area (Å²) < 4.78 is 1.83. The first-order valence-electron chi connectivity index (χ1n) is 7.16. The minimum Gasteiger partial charge on any atom is -0.381 e. The monoisotopic (exact) mass is 271 g/mol. The molecule has 5 heteroatoms. The molecule has 0 radical (unpaired) electrons. The summed E-state index contributed by atoms with van der Waals surface area (Å²) in [7, 11) is 2.19. The standard InChI is InChI=1S/C15H21N5/c1-19-8-2-3-15(10-19)18-14-6-4-13(5-7-14)9-20-12-16-11-17-20/h4-7,11-12,15,18H,2-3,8-10H2,1H3. The predicted octanol–water partition coefficient (Wildman–Crippen LogP) is 1.83. The van der Waals surface area contributed by atoms with Crippen molar-refractivity contribution >= 4 is 5.69 Å².